The molecule has 0 bridgehead atoms. The molecule has 0 aliphatic rings. The minimum atomic E-state index is -5.00. The van der Waals surface area contributed by atoms with Crippen LogP contribution in [0.25, 0.3) is 0 Å². The molecule has 0 unspecified atom stereocenters. The van der Waals surface area contributed by atoms with Crippen molar-refractivity contribution < 1.29 is 34.8 Å². The summed E-state index contributed by atoms with van der Waals surface area (Å²) >= 11 is 0. The van der Waals surface area contributed by atoms with Gasteiger partial charge in [-0.15, -0.1) is 0 Å². The topological polar surface area (TPSA) is 50.3 Å². The van der Waals surface area contributed by atoms with Crippen LogP contribution < -0.4 is 4.31 Å². The van der Waals surface area contributed by atoms with Crippen LogP contribution in [-0.2, 0) is 22.7 Å². The van der Waals surface area contributed by atoms with Gasteiger partial charge >= 0.3 is 12.4 Å². The maximum atomic E-state index is 12.6. The predicted molar refractivity (Wildman–Crippen MR) is 81.7 cm³/mol. The summed E-state index contributed by atoms with van der Waals surface area (Å²) in [5, 5.41) is 0. The van der Waals surface area contributed by atoms with E-state index in [9.17, 15) is 34.8 Å². The molecule has 142 valence electrons. The molecule has 1 aromatic heterocycles. The van der Waals surface area contributed by atoms with Gasteiger partial charge in [0.2, 0.25) is 10.0 Å². The van der Waals surface area contributed by atoms with Gasteiger partial charge in [0.15, 0.2) is 5.75 Å². The summed E-state index contributed by atoms with van der Waals surface area (Å²) in [6, 6.07) is 5.73. The summed E-state index contributed by atoms with van der Waals surface area (Å²) in [7, 11) is -4.88. The van der Waals surface area contributed by atoms with Crippen LogP contribution in [0.4, 0.5) is 32.0 Å². The van der Waals surface area contributed by atoms with Gasteiger partial charge in [-0.25, -0.2) is 8.42 Å². The molecule has 26 heavy (non-hydrogen) atoms. The lowest BCUT2D eigenvalue weighted by Crippen LogP contribution is -2.37. The third-order valence-corrected chi connectivity index (χ3v) is 4.92. The first kappa shape index (κ1) is 20.0. The number of anilines is 1. The van der Waals surface area contributed by atoms with Crippen LogP contribution in [0.15, 0.2) is 48.8 Å². The molecular weight excluding hydrogens is 386 g/mol. The SMILES string of the molecule is O=S(=O)(CC(F)(F)F)N(Cc1cccnc1)c1ccc(C(F)(F)F)cc1. The molecule has 0 amide bonds. The number of benzene rings is 1. The van der Waals surface area contributed by atoms with E-state index in [0.717, 1.165) is 12.1 Å². The van der Waals surface area contributed by atoms with E-state index in [1.807, 2.05) is 0 Å². The molecule has 2 rings (SSSR count). The quantitative estimate of drug-likeness (QED) is 0.716. The van der Waals surface area contributed by atoms with E-state index < -0.39 is 40.2 Å². The van der Waals surface area contributed by atoms with Gasteiger partial charge in [0.05, 0.1) is 17.8 Å². The highest BCUT2D eigenvalue weighted by atomic mass is 32.2. The Morgan fingerprint density at radius 3 is 2.04 bits per heavy atom. The van der Waals surface area contributed by atoms with Gasteiger partial charge in [0.1, 0.15) is 0 Å². The normalized spacial score (nSPS) is 12.8. The molecule has 0 spiro atoms. The zero-order valence-corrected chi connectivity index (χ0v) is 13.7. The van der Waals surface area contributed by atoms with E-state index in [2.05, 4.69) is 4.98 Å². The summed E-state index contributed by atoms with van der Waals surface area (Å²) < 4.78 is 101. The molecule has 0 fully saturated rings. The molecular formula is C15H12F6N2O2S. The fraction of sp³-hybridized carbons (Fsp3) is 0.267. The van der Waals surface area contributed by atoms with E-state index in [4.69, 9.17) is 0 Å². The van der Waals surface area contributed by atoms with E-state index in [1.165, 1.54) is 24.5 Å². The number of aromatic nitrogens is 1. The Morgan fingerprint density at radius 1 is 0.962 bits per heavy atom. The second kappa shape index (κ2) is 7.14. The largest absolute Gasteiger partial charge is 0.416 e. The van der Waals surface area contributed by atoms with Crippen molar-refractivity contribution in [3.8, 4) is 0 Å². The monoisotopic (exact) mass is 398 g/mol. The molecule has 0 aliphatic carbocycles. The first-order valence-electron chi connectivity index (χ1n) is 7.02. The van der Waals surface area contributed by atoms with Crippen LogP contribution >= 0.6 is 0 Å². The summed E-state index contributed by atoms with van der Waals surface area (Å²) in [4.78, 5) is 3.74. The van der Waals surface area contributed by atoms with Gasteiger partial charge in [0, 0.05) is 12.4 Å². The van der Waals surface area contributed by atoms with Gasteiger partial charge < -0.3 is 0 Å². The Balaban J connectivity index is 2.43. The summed E-state index contributed by atoms with van der Waals surface area (Å²) in [6.45, 7) is -0.502. The van der Waals surface area contributed by atoms with Crippen molar-refractivity contribution in [1.29, 1.82) is 0 Å². The zero-order chi connectivity index (χ0) is 19.6. The van der Waals surface area contributed by atoms with E-state index in [0.29, 0.717) is 16.4 Å². The van der Waals surface area contributed by atoms with Crippen LogP contribution in [0, 0.1) is 0 Å². The van der Waals surface area contributed by atoms with Gasteiger partial charge in [-0.3, -0.25) is 9.29 Å². The molecule has 1 aromatic carbocycles. The Hall–Kier alpha value is -2.30. The third-order valence-electron chi connectivity index (χ3n) is 3.21. The molecule has 2 aromatic rings. The lowest BCUT2D eigenvalue weighted by Gasteiger charge is -2.25. The highest BCUT2D eigenvalue weighted by Gasteiger charge is 2.39. The van der Waals surface area contributed by atoms with Crippen molar-refractivity contribution >= 4 is 15.7 Å². The van der Waals surface area contributed by atoms with Crippen molar-refractivity contribution in [2.45, 2.75) is 18.9 Å². The Kier molecular flexibility index (Phi) is 5.49. The second-order valence-electron chi connectivity index (χ2n) is 5.28. The van der Waals surface area contributed by atoms with Gasteiger partial charge in [0.25, 0.3) is 0 Å². The smallest absolute Gasteiger partial charge is 0.265 e. The molecule has 0 radical (unpaired) electrons. The average Bonchev–Trinajstić information content (AvgIpc) is 2.50. The Morgan fingerprint density at radius 2 is 1.58 bits per heavy atom. The highest BCUT2D eigenvalue weighted by molar-refractivity contribution is 7.92. The van der Waals surface area contributed by atoms with Crippen molar-refractivity contribution in [1.82, 2.24) is 4.98 Å². The summed E-state index contributed by atoms with van der Waals surface area (Å²) in [5.74, 6) is -2.14. The number of sulfonamides is 1. The van der Waals surface area contributed by atoms with Gasteiger partial charge in [-0.2, -0.15) is 26.3 Å². The maximum Gasteiger partial charge on any atom is 0.416 e. The zero-order valence-electron chi connectivity index (χ0n) is 12.9. The second-order valence-corrected chi connectivity index (χ2v) is 7.18. The van der Waals surface area contributed by atoms with E-state index in [-0.39, 0.29) is 11.3 Å². The molecule has 1 heterocycles. The number of rotatable bonds is 5. The maximum absolute atomic E-state index is 12.6. The lowest BCUT2D eigenvalue weighted by atomic mass is 10.2. The first-order chi connectivity index (χ1) is 11.9. The number of halogens is 6. The number of alkyl halides is 6. The fourth-order valence-electron chi connectivity index (χ4n) is 2.11. The molecule has 11 heteroatoms. The molecule has 0 saturated carbocycles. The number of nitrogens with zero attached hydrogens (tertiary/aromatic N) is 2. The van der Waals surface area contributed by atoms with Crippen LogP contribution in [0.1, 0.15) is 11.1 Å². The van der Waals surface area contributed by atoms with E-state index in [1.54, 1.807) is 0 Å². The molecule has 0 atom stereocenters. The summed E-state index contributed by atoms with van der Waals surface area (Å²) in [5.41, 5.74) is -1.08. The standard InChI is InChI=1S/C15H12F6N2O2S/c16-14(17,18)10-26(24,25)23(9-11-2-1-7-22-8-11)13-5-3-12(4-6-13)15(19,20)21/h1-8H,9-10H2. The van der Waals surface area contributed by atoms with Crippen molar-refractivity contribution in [2.75, 3.05) is 10.1 Å². The minimum absolute atomic E-state index is 0.276. The Bertz CT molecular complexity index is 833. The van der Waals surface area contributed by atoms with Crippen LogP contribution in [0.2, 0.25) is 0 Å². The number of hydrogen-bond donors (Lipinski definition) is 0. The van der Waals surface area contributed by atoms with Crippen LogP contribution in [-0.4, -0.2) is 25.3 Å². The average molecular weight is 398 g/mol. The molecule has 0 saturated heterocycles. The summed E-state index contributed by atoms with van der Waals surface area (Å²) in [6.07, 6.45) is -7.02. The van der Waals surface area contributed by atoms with Crippen LogP contribution in [0.3, 0.4) is 0 Å². The minimum Gasteiger partial charge on any atom is -0.265 e. The molecule has 0 aliphatic heterocycles. The van der Waals surface area contributed by atoms with Crippen molar-refractivity contribution in [3.63, 3.8) is 0 Å². The van der Waals surface area contributed by atoms with Crippen molar-refractivity contribution in [3.05, 3.63) is 59.9 Å². The van der Waals surface area contributed by atoms with Gasteiger partial charge in [-0.1, -0.05) is 6.07 Å². The molecule has 4 nitrogen and oxygen atoms in total. The number of hydrogen-bond acceptors (Lipinski definition) is 3. The third kappa shape index (κ3) is 5.35. The fourth-order valence-corrected chi connectivity index (χ4v) is 3.47. The van der Waals surface area contributed by atoms with Crippen LogP contribution in [0.5, 0.6) is 0 Å². The highest BCUT2D eigenvalue weighted by Crippen LogP contribution is 2.32. The molecule has 0 N–H and O–H groups in total. The van der Waals surface area contributed by atoms with Crippen molar-refractivity contribution in [2.24, 2.45) is 0 Å². The predicted octanol–water partition coefficient (Wildman–Crippen LogP) is 4.00. The van der Waals surface area contributed by atoms with E-state index >= 15 is 0 Å². The van der Waals surface area contributed by atoms with Gasteiger partial charge in [-0.05, 0) is 35.9 Å². The Labute approximate surface area is 145 Å². The number of pyridine rings is 1. The first-order valence-corrected chi connectivity index (χ1v) is 8.63. The lowest BCUT2D eigenvalue weighted by molar-refractivity contribution is -0.137.